The highest BCUT2D eigenvalue weighted by molar-refractivity contribution is 6.05. The van der Waals surface area contributed by atoms with Gasteiger partial charge in [0.15, 0.2) is 6.61 Å². The molecule has 1 aliphatic heterocycles. The quantitative estimate of drug-likeness (QED) is 0.501. The van der Waals surface area contributed by atoms with Gasteiger partial charge in [-0.15, -0.1) is 0 Å². The number of fused-ring (bicyclic) bond motifs is 1. The number of amides is 2. The molecule has 0 atom stereocenters. The van der Waals surface area contributed by atoms with Crippen LogP contribution in [0.4, 0.5) is 4.79 Å². The van der Waals surface area contributed by atoms with E-state index in [2.05, 4.69) is 10.3 Å². The summed E-state index contributed by atoms with van der Waals surface area (Å²) in [7, 11) is 1.60. The van der Waals surface area contributed by atoms with Crippen LogP contribution in [-0.2, 0) is 14.3 Å². The third kappa shape index (κ3) is 5.91. The number of likely N-dealkylation sites (tertiary alicyclic amines) is 1. The number of ether oxygens (including phenoxy) is 3. The average Bonchev–Trinajstić information content (AvgIpc) is 2.91. The Morgan fingerprint density at radius 3 is 2.44 bits per heavy atom. The number of pyridine rings is 1. The largest absolute Gasteiger partial charge is 0.497 e. The van der Waals surface area contributed by atoms with Gasteiger partial charge in [0, 0.05) is 30.1 Å². The number of para-hydroxylation sites is 1. The van der Waals surface area contributed by atoms with Crippen LogP contribution in [0.3, 0.4) is 0 Å². The second kappa shape index (κ2) is 11.5. The van der Waals surface area contributed by atoms with Crippen LogP contribution < -0.4 is 10.1 Å². The van der Waals surface area contributed by atoms with Crippen LogP contribution in [0.2, 0.25) is 0 Å². The molecule has 1 saturated heterocycles. The zero-order chi connectivity index (χ0) is 25.5. The fourth-order valence-electron chi connectivity index (χ4n) is 4.15. The maximum Gasteiger partial charge on any atom is 0.409 e. The normalized spacial score (nSPS) is 13.8. The molecule has 2 amide bonds. The van der Waals surface area contributed by atoms with Crippen LogP contribution in [-0.4, -0.2) is 67.3 Å². The number of esters is 1. The van der Waals surface area contributed by atoms with E-state index in [0.29, 0.717) is 54.7 Å². The number of rotatable bonds is 7. The summed E-state index contributed by atoms with van der Waals surface area (Å²) in [5, 5.41) is 3.53. The van der Waals surface area contributed by atoms with Crippen LogP contribution in [0.1, 0.15) is 30.1 Å². The molecule has 36 heavy (non-hydrogen) atoms. The highest BCUT2D eigenvalue weighted by Crippen LogP contribution is 2.27. The van der Waals surface area contributed by atoms with Crippen molar-refractivity contribution in [3.05, 3.63) is 60.2 Å². The summed E-state index contributed by atoms with van der Waals surface area (Å²) in [4.78, 5) is 43.6. The Bertz CT molecular complexity index is 1240. The van der Waals surface area contributed by atoms with Crippen molar-refractivity contribution in [2.75, 3.05) is 33.4 Å². The zero-order valence-electron chi connectivity index (χ0n) is 20.4. The Balaban J connectivity index is 1.40. The standard InChI is InChI=1S/C27H29N3O6/c1-3-35-27(33)30-14-12-19(13-15-30)28-25(31)17-36-26(32)22-16-24(18-8-10-20(34-2)11-9-18)29-23-7-5-4-6-21(22)23/h4-11,16,19H,3,12-15,17H2,1-2H3,(H,28,31). The Morgan fingerprint density at radius 1 is 1.03 bits per heavy atom. The molecule has 0 unspecified atom stereocenters. The third-order valence-corrected chi connectivity index (χ3v) is 6.04. The minimum Gasteiger partial charge on any atom is -0.497 e. The van der Waals surface area contributed by atoms with Crippen molar-refractivity contribution in [3.63, 3.8) is 0 Å². The molecule has 9 nitrogen and oxygen atoms in total. The molecular formula is C27H29N3O6. The van der Waals surface area contributed by atoms with Gasteiger partial charge in [-0.25, -0.2) is 14.6 Å². The van der Waals surface area contributed by atoms with Crippen molar-refractivity contribution in [2.45, 2.75) is 25.8 Å². The topological polar surface area (TPSA) is 107 Å². The Morgan fingerprint density at radius 2 is 1.75 bits per heavy atom. The lowest BCUT2D eigenvalue weighted by Gasteiger charge is -2.31. The van der Waals surface area contributed by atoms with E-state index in [0.717, 1.165) is 11.3 Å². The minimum absolute atomic E-state index is 0.0923. The summed E-state index contributed by atoms with van der Waals surface area (Å²) in [5.41, 5.74) is 2.42. The molecule has 1 N–H and O–H groups in total. The fourth-order valence-corrected chi connectivity index (χ4v) is 4.15. The molecule has 1 fully saturated rings. The van der Waals surface area contributed by atoms with Crippen molar-refractivity contribution in [1.29, 1.82) is 0 Å². The van der Waals surface area contributed by atoms with E-state index in [1.165, 1.54) is 0 Å². The number of carbonyl (C=O) groups excluding carboxylic acids is 3. The molecule has 2 aromatic carbocycles. The first kappa shape index (κ1) is 25.0. The van der Waals surface area contributed by atoms with Gasteiger partial charge < -0.3 is 24.4 Å². The fraction of sp³-hybridized carbons (Fsp3) is 0.333. The zero-order valence-corrected chi connectivity index (χ0v) is 20.4. The summed E-state index contributed by atoms with van der Waals surface area (Å²) >= 11 is 0. The average molecular weight is 492 g/mol. The summed E-state index contributed by atoms with van der Waals surface area (Å²) < 4.78 is 15.6. The first-order valence-corrected chi connectivity index (χ1v) is 11.9. The maximum absolute atomic E-state index is 13.0. The van der Waals surface area contributed by atoms with Crippen LogP contribution in [0.25, 0.3) is 22.2 Å². The molecule has 1 aliphatic rings. The van der Waals surface area contributed by atoms with E-state index in [1.807, 2.05) is 42.5 Å². The second-order valence-electron chi connectivity index (χ2n) is 8.40. The van der Waals surface area contributed by atoms with Gasteiger partial charge in [-0.05, 0) is 56.2 Å². The predicted molar refractivity (Wildman–Crippen MR) is 134 cm³/mol. The summed E-state index contributed by atoms with van der Waals surface area (Å²) in [5.74, 6) is -0.265. The number of hydrogen-bond acceptors (Lipinski definition) is 7. The molecule has 3 aromatic rings. The Hall–Kier alpha value is -4.14. The molecule has 9 heteroatoms. The Labute approximate surface area is 209 Å². The third-order valence-electron chi connectivity index (χ3n) is 6.04. The van der Waals surface area contributed by atoms with Gasteiger partial charge in [0.1, 0.15) is 5.75 Å². The lowest BCUT2D eigenvalue weighted by Crippen LogP contribution is -2.47. The first-order valence-electron chi connectivity index (χ1n) is 11.9. The molecule has 0 aliphatic carbocycles. The van der Waals surface area contributed by atoms with Crippen molar-refractivity contribution >= 4 is 28.9 Å². The monoisotopic (exact) mass is 491 g/mol. The van der Waals surface area contributed by atoms with Gasteiger partial charge in [-0.3, -0.25) is 4.79 Å². The molecular weight excluding hydrogens is 462 g/mol. The number of piperidine rings is 1. The SMILES string of the molecule is CCOC(=O)N1CCC(NC(=O)COC(=O)c2cc(-c3ccc(OC)cc3)nc3ccccc23)CC1. The Kier molecular flexibility index (Phi) is 7.99. The lowest BCUT2D eigenvalue weighted by atomic mass is 10.0. The molecule has 0 radical (unpaired) electrons. The summed E-state index contributed by atoms with van der Waals surface area (Å²) in [6, 6.07) is 16.3. The van der Waals surface area contributed by atoms with Crippen LogP contribution in [0.5, 0.6) is 5.75 Å². The second-order valence-corrected chi connectivity index (χ2v) is 8.40. The highest BCUT2D eigenvalue weighted by atomic mass is 16.6. The number of hydrogen-bond donors (Lipinski definition) is 1. The van der Waals surface area contributed by atoms with E-state index < -0.39 is 12.6 Å². The van der Waals surface area contributed by atoms with Gasteiger partial charge in [0.2, 0.25) is 0 Å². The number of nitrogens with zero attached hydrogens (tertiary/aromatic N) is 2. The number of aromatic nitrogens is 1. The van der Waals surface area contributed by atoms with Crippen molar-refractivity contribution < 1.29 is 28.6 Å². The molecule has 0 spiro atoms. The number of nitrogens with one attached hydrogen (secondary N) is 1. The molecule has 4 rings (SSSR count). The molecule has 1 aromatic heterocycles. The van der Waals surface area contributed by atoms with E-state index >= 15 is 0 Å². The highest BCUT2D eigenvalue weighted by Gasteiger charge is 2.25. The number of carbonyl (C=O) groups is 3. The molecule has 0 bridgehead atoms. The van der Waals surface area contributed by atoms with E-state index in [9.17, 15) is 14.4 Å². The van der Waals surface area contributed by atoms with Gasteiger partial charge in [0.25, 0.3) is 5.91 Å². The van der Waals surface area contributed by atoms with E-state index in [1.54, 1.807) is 31.1 Å². The van der Waals surface area contributed by atoms with Gasteiger partial charge in [-0.2, -0.15) is 0 Å². The summed E-state index contributed by atoms with van der Waals surface area (Å²) in [6.45, 7) is 2.70. The van der Waals surface area contributed by atoms with E-state index in [4.69, 9.17) is 14.2 Å². The van der Waals surface area contributed by atoms with Crippen LogP contribution in [0, 0.1) is 0 Å². The summed E-state index contributed by atoms with van der Waals surface area (Å²) in [6.07, 6.45) is 0.882. The first-order chi connectivity index (χ1) is 17.5. The smallest absolute Gasteiger partial charge is 0.409 e. The molecule has 2 heterocycles. The van der Waals surface area contributed by atoms with Gasteiger partial charge in [0.05, 0.1) is 30.5 Å². The lowest BCUT2D eigenvalue weighted by molar-refractivity contribution is -0.125. The van der Waals surface area contributed by atoms with E-state index in [-0.39, 0.29) is 18.0 Å². The molecule has 0 saturated carbocycles. The predicted octanol–water partition coefficient (Wildman–Crippen LogP) is 3.80. The van der Waals surface area contributed by atoms with Crippen molar-refractivity contribution in [1.82, 2.24) is 15.2 Å². The van der Waals surface area contributed by atoms with Crippen molar-refractivity contribution in [2.24, 2.45) is 0 Å². The minimum atomic E-state index is -0.601. The van der Waals surface area contributed by atoms with Crippen molar-refractivity contribution in [3.8, 4) is 17.0 Å². The maximum atomic E-state index is 13.0. The van der Waals surface area contributed by atoms with Crippen LogP contribution in [0.15, 0.2) is 54.6 Å². The van der Waals surface area contributed by atoms with Gasteiger partial charge in [-0.1, -0.05) is 18.2 Å². The van der Waals surface area contributed by atoms with Crippen LogP contribution >= 0.6 is 0 Å². The number of methoxy groups -OCH3 is 1. The molecule has 188 valence electrons. The number of benzene rings is 2. The van der Waals surface area contributed by atoms with Gasteiger partial charge >= 0.3 is 12.1 Å².